The molecule has 1 aliphatic heterocycles. The standard InChI is InChI=1S/C12H14BrN3O3/c1-19-12(18)8-3-2-6-16(8)11(17)10-7(14)4-5-9(13)15-10/h4-5,8H,2-3,6,14H2,1H3/t8-/m0/s1. The van der Waals surface area contributed by atoms with Gasteiger partial charge in [-0.3, -0.25) is 4.79 Å². The molecule has 0 spiro atoms. The van der Waals surface area contributed by atoms with Crippen molar-refractivity contribution in [3.8, 4) is 0 Å². The lowest BCUT2D eigenvalue weighted by Gasteiger charge is -2.22. The number of rotatable bonds is 2. The molecule has 2 rings (SSSR count). The van der Waals surface area contributed by atoms with Crippen molar-refractivity contribution < 1.29 is 14.3 Å². The number of anilines is 1. The van der Waals surface area contributed by atoms with Gasteiger partial charge in [-0.1, -0.05) is 0 Å². The van der Waals surface area contributed by atoms with Crippen LogP contribution in [0.5, 0.6) is 0 Å². The number of hydrogen-bond donors (Lipinski definition) is 1. The van der Waals surface area contributed by atoms with E-state index in [0.717, 1.165) is 6.42 Å². The monoisotopic (exact) mass is 327 g/mol. The molecule has 1 aliphatic rings. The van der Waals surface area contributed by atoms with E-state index < -0.39 is 12.0 Å². The fraction of sp³-hybridized carbons (Fsp3) is 0.417. The number of nitrogen functional groups attached to an aromatic ring is 1. The average molecular weight is 328 g/mol. The largest absolute Gasteiger partial charge is 0.467 e. The normalized spacial score (nSPS) is 18.4. The van der Waals surface area contributed by atoms with Crippen LogP contribution in [0.25, 0.3) is 0 Å². The van der Waals surface area contributed by atoms with Crippen molar-refractivity contribution in [3.05, 3.63) is 22.4 Å². The van der Waals surface area contributed by atoms with Gasteiger partial charge in [-0.2, -0.15) is 0 Å². The molecule has 1 atom stereocenters. The second kappa shape index (κ2) is 5.56. The number of nitrogens with zero attached hydrogens (tertiary/aromatic N) is 2. The number of amides is 1. The fourth-order valence-corrected chi connectivity index (χ4v) is 2.45. The van der Waals surface area contributed by atoms with Crippen LogP contribution in [0.3, 0.4) is 0 Å². The Morgan fingerprint density at radius 1 is 1.53 bits per heavy atom. The van der Waals surface area contributed by atoms with E-state index in [0.29, 0.717) is 23.3 Å². The molecule has 19 heavy (non-hydrogen) atoms. The Hall–Kier alpha value is -1.63. The van der Waals surface area contributed by atoms with E-state index in [-0.39, 0.29) is 11.6 Å². The fourth-order valence-electron chi connectivity index (χ4n) is 2.14. The van der Waals surface area contributed by atoms with E-state index in [9.17, 15) is 9.59 Å². The van der Waals surface area contributed by atoms with Crippen molar-refractivity contribution in [1.29, 1.82) is 0 Å². The van der Waals surface area contributed by atoms with Crippen molar-refractivity contribution in [2.24, 2.45) is 0 Å². The second-order valence-corrected chi connectivity index (χ2v) is 5.06. The first-order valence-corrected chi connectivity index (χ1v) is 6.64. The highest BCUT2D eigenvalue weighted by atomic mass is 79.9. The molecule has 0 radical (unpaired) electrons. The number of aromatic nitrogens is 1. The minimum absolute atomic E-state index is 0.158. The summed E-state index contributed by atoms with van der Waals surface area (Å²) in [5, 5.41) is 0. The first-order valence-electron chi connectivity index (χ1n) is 5.85. The van der Waals surface area contributed by atoms with Gasteiger partial charge in [0.05, 0.1) is 12.8 Å². The van der Waals surface area contributed by atoms with Gasteiger partial charge in [-0.05, 0) is 40.9 Å². The maximum atomic E-state index is 12.4. The van der Waals surface area contributed by atoms with Crippen LogP contribution in [0, 0.1) is 0 Å². The number of pyridine rings is 1. The molecule has 102 valence electrons. The minimum Gasteiger partial charge on any atom is -0.467 e. The molecular weight excluding hydrogens is 314 g/mol. The van der Waals surface area contributed by atoms with Crippen LogP contribution in [-0.2, 0) is 9.53 Å². The number of carbonyl (C=O) groups excluding carboxylic acids is 2. The van der Waals surface area contributed by atoms with Gasteiger partial charge in [0.25, 0.3) is 5.91 Å². The Kier molecular flexibility index (Phi) is 4.04. The number of hydrogen-bond acceptors (Lipinski definition) is 5. The summed E-state index contributed by atoms with van der Waals surface area (Å²) in [5.41, 5.74) is 6.22. The Morgan fingerprint density at radius 3 is 2.95 bits per heavy atom. The second-order valence-electron chi connectivity index (χ2n) is 4.25. The summed E-state index contributed by atoms with van der Waals surface area (Å²) < 4.78 is 5.24. The molecule has 0 aliphatic carbocycles. The summed E-state index contributed by atoms with van der Waals surface area (Å²) in [7, 11) is 1.31. The highest BCUT2D eigenvalue weighted by molar-refractivity contribution is 9.10. The number of methoxy groups -OCH3 is 1. The van der Waals surface area contributed by atoms with Gasteiger partial charge in [0.15, 0.2) is 5.69 Å². The maximum absolute atomic E-state index is 12.4. The quantitative estimate of drug-likeness (QED) is 0.651. The summed E-state index contributed by atoms with van der Waals surface area (Å²) in [6, 6.07) is 2.72. The molecule has 0 saturated carbocycles. The third-order valence-corrected chi connectivity index (χ3v) is 3.52. The van der Waals surface area contributed by atoms with Crippen LogP contribution in [0.4, 0.5) is 5.69 Å². The molecule has 6 nitrogen and oxygen atoms in total. The lowest BCUT2D eigenvalue weighted by Crippen LogP contribution is -2.41. The highest BCUT2D eigenvalue weighted by Gasteiger charge is 2.36. The smallest absolute Gasteiger partial charge is 0.328 e. The van der Waals surface area contributed by atoms with Crippen LogP contribution in [0.15, 0.2) is 16.7 Å². The van der Waals surface area contributed by atoms with E-state index in [1.54, 1.807) is 12.1 Å². The number of carbonyl (C=O) groups is 2. The number of esters is 1. The molecule has 1 aromatic heterocycles. The van der Waals surface area contributed by atoms with E-state index in [4.69, 9.17) is 10.5 Å². The summed E-state index contributed by atoms with van der Waals surface area (Å²) in [6.45, 7) is 0.506. The third-order valence-electron chi connectivity index (χ3n) is 3.08. The Balaban J connectivity index is 2.28. The van der Waals surface area contributed by atoms with Gasteiger partial charge in [-0.15, -0.1) is 0 Å². The topological polar surface area (TPSA) is 85.5 Å². The van der Waals surface area contributed by atoms with Gasteiger partial charge in [-0.25, -0.2) is 9.78 Å². The van der Waals surface area contributed by atoms with Gasteiger partial charge in [0, 0.05) is 6.54 Å². The van der Waals surface area contributed by atoms with Gasteiger partial charge in [0.1, 0.15) is 10.6 Å². The molecule has 0 unspecified atom stereocenters. The molecule has 1 amide bonds. The Morgan fingerprint density at radius 2 is 2.26 bits per heavy atom. The van der Waals surface area contributed by atoms with E-state index >= 15 is 0 Å². The van der Waals surface area contributed by atoms with Crippen LogP contribution in [0.1, 0.15) is 23.3 Å². The zero-order chi connectivity index (χ0) is 14.0. The minimum atomic E-state index is -0.544. The molecule has 1 aromatic rings. The molecular formula is C12H14BrN3O3. The Bertz CT molecular complexity index is 521. The van der Waals surface area contributed by atoms with E-state index in [1.165, 1.54) is 12.0 Å². The number of likely N-dealkylation sites (tertiary alicyclic amines) is 1. The lowest BCUT2D eigenvalue weighted by atomic mass is 10.2. The Labute approximate surface area is 119 Å². The van der Waals surface area contributed by atoms with Crippen molar-refractivity contribution >= 4 is 33.5 Å². The van der Waals surface area contributed by atoms with Crippen molar-refractivity contribution in [3.63, 3.8) is 0 Å². The zero-order valence-corrected chi connectivity index (χ0v) is 12.0. The molecule has 1 saturated heterocycles. The SMILES string of the molecule is COC(=O)[C@@H]1CCCN1C(=O)c1nc(Br)ccc1N. The van der Waals surface area contributed by atoms with Gasteiger partial charge < -0.3 is 15.4 Å². The summed E-state index contributed by atoms with van der Waals surface area (Å²) >= 11 is 3.20. The molecule has 0 bridgehead atoms. The van der Waals surface area contributed by atoms with E-state index in [2.05, 4.69) is 20.9 Å². The summed E-state index contributed by atoms with van der Waals surface area (Å²) in [6.07, 6.45) is 1.37. The molecule has 7 heteroatoms. The average Bonchev–Trinajstić information content (AvgIpc) is 2.89. The number of nitrogens with two attached hydrogens (primary N) is 1. The first-order chi connectivity index (χ1) is 9.04. The van der Waals surface area contributed by atoms with Crippen LogP contribution >= 0.6 is 15.9 Å². The number of halogens is 1. The maximum Gasteiger partial charge on any atom is 0.328 e. The number of ether oxygens (including phenoxy) is 1. The molecule has 2 heterocycles. The lowest BCUT2D eigenvalue weighted by molar-refractivity contribution is -0.145. The van der Waals surface area contributed by atoms with E-state index in [1.807, 2.05) is 0 Å². The zero-order valence-electron chi connectivity index (χ0n) is 10.4. The first kappa shape index (κ1) is 13.8. The third kappa shape index (κ3) is 2.70. The molecule has 0 aromatic carbocycles. The van der Waals surface area contributed by atoms with Crippen LogP contribution in [-0.4, -0.2) is 41.5 Å². The van der Waals surface area contributed by atoms with Crippen molar-refractivity contribution in [1.82, 2.24) is 9.88 Å². The van der Waals surface area contributed by atoms with Crippen LogP contribution in [0.2, 0.25) is 0 Å². The predicted octanol–water partition coefficient (Wildman–Crippen LogP) is 1.20. The van der Waals surface area contributed by atoms with Crippen LogP contribution < -0.4 is 5.73 Å². The predicted molar refractivity (Wildman–Crippen MR) is 72.4 cm³/mol. The molecule has 1 fully saturated rings. The van der Waals surface area contributed by atoms with Gasteiger partial charge >= 0.3 is 5.97 Å². The van der Waals surface area contributed by atoms with Crippen molar-refractivity contribution in [2.45, 2.75) is 18.9 Å². The summed E-state index contributed by atoms with van der Waals surface area (Å²) in [5.74, 6) is -0.744. The van der Waals surface area contributed by atoms with Crippen molar-refractivity contribution in [2.75, 3.05) is 19.4 Å². The summed E-state index contributed by atoms with van der Waals surface area (Å²) in [4.78, 5) is 29.6. The van der Waals surface area contributed by atoms with Gasteiger partial charge in [0.2, 0.25) is 0 Å². The molecule has 2 N–H and O–H groups in total. The highest BCUT2D eigenvalue weighted by Crippen LogP contribution is 2.23.